The molecule has 0 aromatic heterocycles. The minimum atomic E-state index is -1.74. The number of aliphatic hydroxyl groups excluding tert-OH is 1. The van der Waals surface area contributed by atoms with Crippen LogP contribution in [0.3, 0.4) is 0 Å². The molecule has 1 aromatic carbocycles. The Bertz CT molecular complexity index is 484. The Morgan fingerprint density at radius 1 is 1.26 bits per heavy atom. The molecular formula is C12H14O7. The van der Waals surface area contributed by atoms with Crippen molar-refractivity contribution in [1.29, 1.82) is 0 Å². The number of rotatable bonds is 4. The Labute approximate surface area is 108 Å². The van der Waals surface area contributed by atoms with E-state index in [1.54, 1.807) is 0 Å². The van der Waals surface area contributed by atoms with Crippen LogP contribution < -0.4 is 0 Å². The van der Waals surface area contributed by atoms with Crippen molar-refractivity contribution in [2.24, 2.45) is 0 Å². The van der Waals surface area contributed by atoms with E-state index in [9.17, 15) is 24.9 Å². The highest BCUT2D eigenvalue weighted by molar-refractivity contribution is 5.95. The Morgan fingerprint density at radius 2 is 1.84 bits per heavy atom. The highest BCUT2D eigenvalue weighted by Gasteiger charge is 2.29. The minimum Gasteiger partial charge on any atom is -0.508 e. The molecule has 0 radical (unpaired) electrons. The summed E-state index contributed by atoms with van der Waals surface area (Å²) in [5.74, 6) is -3.36. The van der Waals surface area contributed by atoms with Gasteiger partial charge < -0.3 is 25.2 Å². The summed E-state index contributed by atoms with van der Waals surface area (Å²) in [5, 5.41) is 36.8. The normalized spacial score (nSPS) is 13.6. The first-order valence-corrected chi connectivity index (χ1v) is 5.38. The van der Waals surface area contributed by atoms with Gasteiger partial charge in [-0.1, -0.05) is 0 Å². The maximum atomic E-state index is 11.8. The van der Waals surface area contributed by atoms with Crippen LogP contribution in [-0.2, 0) is 9.53 Å². The van der Waals surface area contributed by atoms with Gasteiger partial charge in [0.1, 0.15) is 17.1 Å². The molecule has 0 saturated carbocycles. The maximum absolute atomic E-state index is 11.8. The van der Waals surface area contributed by atoms with Crippen molar-refractivity contribution in [1.82, 2.24) is 0 Å². The fourth-order valence-corrected chi connectivity index (χ4v) is 1.54. The first-order chi connectivity index (χ1) is 8.73. The number of hydrogen-bond acceptors (Lipinski definition) is 6. The first-order valence-electron chi connectivity index (χ1n) is 5.38. The number of carbonyl (C=O) groups is 2. The zero-order chi connectivity index (χ0) is 14.7. The number of hydrogen-bond donors (Lipinski definition) is 4. The lowest BCUT2D eigenvalue weighted by Crippen LogP contribution is -2.36. The molecule has 0 fully saturated rings. The lowest BCUT2D eigenvalue weighted by molar-refractivity contribution is -0.152. The molecule has 2 atom stereocenters. The molecule has 0 aliphatic carbocycles. The number of aromatic hydroxyl groups is 2. The van der Waals surface area contributed by atoms with E-state index in [2.05, 4.69) is 4.74 Å². The van der Waals surface area contributed by atoms with Crippen LogP contribution in [0.5, 0.6) is 11.5 Å². The smallest absolute Gasteiger partial charge is 0.347 e. The second kappa shape index (κ2) is 5.57. The Morgan fingerprint density at radius 3 is 2.26 bits per heavy atom. The summed E-state index contributed by atoms with van der Waals surface area (Å²) in [6.07, 6.45) is -3.14. The summed E-state index contributed by atoms with van der Waals surface area (Å²) in [6.45, 7) is 2.60. The van der Waals surface area contributed by atoms with Gasteiger partial charge in [-0.3, -0.25) is 0 Å². The van der Waals surface area contributed by atoms with Crippen LogP contribution in [0.25, 0.3) is 0 Å². The summed E-state index contributed by atoms with van der Waals surface area (Å²) in [6, 6.07) is 2.15. The van der Waals surface area contributed by atoms with Crippen molar-refractivity contribution in [2.45, 2.75) is 26.1 Å². The number of carboxylic acid groups (broad SMARTS) is 1. The van der Waals surface area contributed by atoms with Crippen LogP contribution in [0.4, 0.5) is 0 Å². The van der Waals surface area contributed by atoms with Gasteiger partial charge in [0, 0.05) is 6.07 Å². The van der Waals surface area contributed by atoms with Crippen LogP contribution >= 0.6 is 0 Å². The number of ether oxygens (including phenoxy) is 1. The highest BCUT2D eigenvalue weighted by atomic mass is 16.6. The summed E-state index contributed by atoms with van der Waals surface area (Å²) >= 11 is 0. The third kappa shape index (κ3) is 3.35. The fourth-order valence-electron chi connectivity index (χ4n) is 1.54. The number of esters is 1. The van der Waals surface area contributed by atoms with E-state index in [4.69, 9.17) is 5.11 Å². The van der Waals surface area contributed by atoms with Crippen LogP contribution in [0.2, 0.25) is 0 Å². The average Bonchev–Trinajstić information content (AvgIpc) is 2.23. The monoisotopic (exact) mass is 270 g/mol. The van der Waals surface area contributed by atoms with Gasteiger partial charge in [0.15, 0.2) is 0 Å². The predicted molar refractivity (Wildman–Crippen MR) is 63.0 cm³/mol. The zero-order valence-electron chi connectivity index (χ0n) is 10.3. The van der Waals surface area contributed by atoms with Gasteiger partial charge >= 0.3 is 11.9 Å². The zero-order valence-corrected chi connectivity index (χ0v) is 10.3. The number of benzene rings is 1. The van der Waals surface area contributed by atoms with Gasteiger partial charge in [-0.2, -0.15) is 0 Å². The molecule has 0 aliphatic heterocycles. The van der Waals surface area contributed by atoms with Crippen molar-refractivity contribution in [3.05, 3.63) is 23.3 Å². The molecule has 7 nitrogen and oxygen atoms in total. The number of aliphatic hydroxyl groups is 1. The van der Waals surface area contributed by atoms with Crippen LogP contribution in [-0.4, -0.2) is 44.6 Å². The number of carboxylic acids is 1. The SMILES string of the molecule is Cc1cc(O)cc(O)c1C(=O)OC(C(=O)O)C(C)O. The highest BCUT2D eigenvalue weighted by Crippen LogP contribution is 2.27. The summed E-state index contributed by atoms with van der Waals surface area (Å²) in [7, 11) is 0. The number of aliphatic carboxylic acids is 1. The molecule has 2 unspecified atom stereocenters. The van der Waals surface area contributed by atoms with Gasteiger partial charge in [0.05, 0.1) is 6.10 Å². The Kier molecular flexibility index (Phi) is 4.34. The largest absolute Gasteiger partial charge is 0.508 e. The number of phenols is 2. The van der Waals surface area contributed by atoms with Gasteiger partial charge in [-0.15, -0.1) is 0 Å². The van der Waals surface area contributed by atoms with E-state index in [-0.39, 0.29) is 16.9 Å². The number of carbonyl (C=O) groups excluding carboxylic acids is 1. The quantitative estimate of drug-likeness (QED) is 0.583. The molecule has 4 N–H and O–H groups in total. The summed E-state index contributed by atoms with van der Waals surface area (Å²) in [4.78, 5) is 22.6. The third-order valence-electron chi connectivity index (χ3n) is 2.42. The molecule has 7 heteroatoms. The van der Waals surface area contributed by atoms with Crippen LogP contribution in [0.1, 0.15) is 22.8 Å². The first kappa shape index (κ1) is 14.8. The van der Waals surface area contributed by atoms with Gasteiger partial charge in [0.25, 0.3) is 0 Å². The van der Waals surface area contributed by atoms with Crippen molar-refractivity contribution >= 4 is 11.9 Å². The molecule has 104 valence electrons. The average molecular weight is 270 g/mol. The molecule has 0 saturated heterocycles. The van der Waals surface area contributed by atoms with E-state index >= 15 is 0 Å². The van der Waals surface area contributed by atoms with Gasteiger partial charge in [-0.05, 0) is 25.5 Å². The number of phenolic OH excluding ortho intramolecular Hbond substituents is 2. The van der Waals surface area contributed by atoms with E-state index in [1.165, 1.54) is 13.0 Å². The van der Waals surface area contributed by atoms with E-state index in [1.807, 2.05) is 0 Å². The topological polar surface area (TPSA) is 124 Å². The summed E-state index contributed by atoms with van der Waals surface area (Å²) in [5.41, 5.74) is -0.0399. The maximum Gasteiger partial charge on any atom is 0.347 e. The van der Waals surface area contributed by atoms with Gasteiger partial charge in [0.2, 0.25) is 6.10 Å². The molecule has 0 amide bonds. The minimum absolute atomic E-state index is 0.220. The molecule has 1 aromatic rings. The van der Waals surface area contributed by atoms with E-state index in [0.29, 0.717) is 0 Å². The third-order valence-corrected chi connectivity index (χ3v) is 2.42. The lowest BCUT2D eigenvalue weighted by atomic mass is 10.1. The molecular weight excluding hydrogens is 256 g/mol. The standard InChI is InChI=1S/C12H14O7/c1-5-3-7(14)4-8(15)9(5)12(18)19-10(6(2)13)11(16)17/h3-4,6,10,13-15H,1-2H3,(H,16,17). The Hall–Kier alpha value is -2.28. The van der Waals surface area contributed by atoms with Crippen molar-refractivity contribution in [3.63, 3.8) is 0 Å². The van der Waals surface area contributed by atoms with Gasteiger partial charge in [-0.25, -0.2) is 9.59 Å². The van der Waals surface area contributed by atoms with Crippen molar-refractivity contribution < 1.29 is 34.8 Å². The van der Waals surface area contributed by atoms with E-state index in [0.717, 1.165) is 13.0 Å². The van der Waals surface area contributed by atoms with Crippen LogP contribution in [0.15, 0.2) is 12.1 Å². The summed E-state index contributed by atoms with van der Waals surface area (Å²) < 4.78 is 4.63. The molecule has 0 spiro atoms. The van der Waals surface area contributed by atoms with Crippen LogP contribution in [0, 0.1) is 6.92 Å². The molecule has 19 heavy (non-hydrogen) atoms. The molecule has 1 rings (SSSR count). The van der Waals surface area contributed by atoms with E-state index < -0.39 is 29.9 Å². The van der Waals surface area contributed by atoms with Crippen molar-refractivity contribution in [2.75, 3.05) is 0 Å². The fraction of sp³-hybridized carbons (Fsp3) is 0.333. The second-order valence-corrected chi connectivity index (χ2v) is 4.06. The molecule has 0 bridgehead atoms. The molecule has 0 aliphatic rings. The van der Waals surface area contributed by atoms with Crippen molar-refractivity contribution in [3.8, 4) is 11.5 Å². The number of aryl methyl sites for hydroxylation is 1. The predicted octanol–water partition coefficient (Wildman–Crippen LogP) is 0.397. The second-order valence-electron chi connectivity index (χ2n) is 4.06. The molecule has 0 heterocycles. The Balaban J connectivity index is 3.05. The lowest BCUT2D eigenvalue weighted by Gasteiger charge is -2.17.